The number of benzene rings is 2. The Bertz CT molecular complexity index is 1160. The molecule has 31 heavy (non-hydrogen) atoms. The molecule has 1 saturated heterocycles. The fraction of sp³-hybridized carbons (Fsp3) is 0.0952. The molecular formula is C21H19N3O4S3. The third-order valence-electron chi connectivity index (χ3n) is 4.24. The number of allylic oxidation sites excluding steroid dienone is 2. The minimum Gasteiger partial charge on any atom is -0.326 e. The molecule has 0 bridgehead atoms. The monoisotopic (exact) mass is 473 g/mol. The van der Waals surface area contributed by atoms with Gasteiger partial charge in [-0.25, -0.2) is 13.6 Å². The zero-order valence-corrected chi connectivity index (χ0v) is 18.7. The summed E-state index contributed by atoms with van der Waals surface area (Å²) in [7, 11) is -3.79. The molecule has 1 heterocycles. The minimum absolute atomic E-state index is 0.0382. The molecule has 7 nitrogen and oxygen atoms in total. The van der Waals surface area contributed by atoms with Gasteiger partial charge in [-0.15, -0.1) is 0 Å². The SMILES string of the molecule is NS(=O)(=O)c1ccc(NC(=O)CCN2C(=O)/C(=C\C=C/c3ccccc3)SC2=S)cc1. The van der Waals surface area contributed by atoms with Gasteiger partial charge < -0.3 is 5.32 Å². The van der Waals surface area contributed by atoms with Crippen molar-refractivity contribution in [1.82, 2.24) is 4.90 Å². The second kappa shape index (κ2) is 10.0. The molecule has 0 spiro atoms. The van der Waals surface area contributed by atoms with E-state index in [0.29, 0.717) is 14.9 Å². The number of nitrogens with two attached hydrogens (primary N) is 1. The van der Waals surface area contributed by atoms with E-state index >= 15 is 0 Å². The molecule has 160 valence electrons. The predicted molar refractivity (Wildman–Crippen MR) is 127 cm³/mol. The number of sulfonamides is 1. The standard InChI is InChI=1S/C21H19N3O4S3/c22-31(27,28)17-11-9-16(10-12-17)23-19(25)13-14-24-20(26)18(30-21(24)29)8-4-7-15-5-2-1-3-6-15/h1-12H,13-14H2,(H,23,25)(H2,22,27,28)/b7-4-,18-8+. The van der Waals surface area contributed by atoms with E-state index in [1.807, 2.05) is 36.4 Å². The highest BCUT2D eigenvalue weighted by atomic mass is 32.2. The molecule has 1 fully saturated rings. The Morgan fingerprint density at radius 1 is 1.13 bits per heavy atom. The first-order chi connectivity index (χ1) is 14.7. The number of nitrogens with zero attached hydrogens (tertiary/aromatic N) is 1. The number of hydrogen-bond acceptors (Lipinski definition) is 6. The van der Waals surface area contributed by atoms with Crippen LogP contribution in [0.5, 0.6) is 0 Å². The Balaban J connectivity index is 1.54. The Labute approximate surface area is 190 Å². The van der Waals surface area contributed by atoms with Crippen molar-refractivity contribution in [2.24, 2.45) is 5.14 Å². The second-order valence-electron chi connectivity index (χ2n) is 6.49. The zero-order valence-electron chi connectivity index (χ0n) is 16.2. The summed E-state index contributed by atoms with van der Waals surface area (Å²) >= 11 is 6.47. The van der Waals surface area contributed by atoms with Crippen molar-refractivity contribution in [1.29, 1.82) is 0 Å². The van der Waals surface area contributed by atoms with Crippen molar-refractivity contribution in [3.05, 3.63) is 77.2 Å². The van der Waals surface area contributed by atoms with Gasteiger partial charge in [0, 0.05) is 18.7 Å². The molecule has 2 amide bonds. The average molecular weight is 474 g/mol. The molecule has 2 aromatic carbocycles. The Morgan fingerprint density at radius 2 is 1.81 bits per heavy atom. The molecule has 1 aliphatic rings. The summed E-state index contributed by atoms with van der Waals surface area (Å²) < 4.78 is 22.9. The normalized spacial score (nSPS) is 15.8. The van der Waals surface area contributed by atoms with Gasteiger partial charge in [0.05, 0.1) is 9.80 Å². The number of rotatable bonds is 7. The van der Waals surface area contributed by atoms with Crippen LogP contribution in [0.4, 0.5) is 5.69 Å². The number of nitrogens with one attached hydrogen (secondary N) is 1. The molecule has 0 radical (unpaired) electrons. The molecule has 0 aliphatic carbocycles. The molecule has 3 rings (SSSR count). The summed E-state index contributed by atoms with van der Waals surface area (Å²) in [5.41, 5.74) is 1.44. The molecule has 0 unspecified atom stereocenters. The fourth-order valence-corrected chi connectivity index (χ4v) is 4.46. The van der Waals surface area contributed by atoms with Crippen molar-refractivity contribution in [2.75, 3.05) is 11.9 Å². The van der Waals surface area contributed by atoms with E-state index < -0.39 is 10.0 Å². The number of thiocarbonyl (C=S) groups is 1. The van der Waals surface area contributed by atoms with Crippen LogP contribution in [0.1, 0.15) is 12.0 Å². The van der Waals surface area contributed by atoms with Crippen molar-refractivity contribution >= 4 is 61.9 Å². The number of amides is 2. The Hall–Kier alpha value is -2.79. The lowest BCUT2D eigenvalue weighted by atomic mass is 10.2. The first-order valence-electron chi connectivity index (χ1n) is 9.14. The topological polar surface area (TPSA) is 110 Å². The van der Waals surface area contributed by atoms with Gasteiger partial charge in [0.25, 0.3) is 5.91 Å². The maximum atomic E-state index is 12.6. The van der Waals surface area contributed by atoms with Gasteiger partial charge >= 0.3 is 0 Å². The molecule has 2 aromatic rings. The number of carbonyl (C=O) groups is 2. The molecule has 0 saturated carbocycles. The van der Waals surface area contributed by atoms with Crippen LogP contribution in [0.2, 0.25) is 0 Å². The van der Waals surface area contributed by atoms with Crippen LogP contribution in [-0.4, -0.2) is 36.0 Å². The van der Waals surface area contributed by atoms with E-state index in [1.165, 1.54) is 40.9 Å². The van der Waals surface area contributed by atoms with Crippen molar-refractivity contribution in [3.63, 3.8) is 0 Å². The summed E-state index contributed by atoms with van der Waals surface area (Å²) in [6.45, 7) is 0.144. The summed E-state index contributed by atoms with van der Waals surface area (Å²) in [5.74, 6) is -0.566. The van der Waals surface area contributed by atoms with Crippen LogP contribution in [0.15, 0.2) is 76.5 Å². The minimum atomic E-state index is -3.79. The Morgan fingerprint density at radius 3 is 2.45 bits per heavy atom. The summed E-state index contributed by atoms with van der Waals surface area (Å²) in [5, 5.41) is 7.70. The van der Waals surface area contributed by atoms with Gasteiger partial charge in [-0.1, -0.05) is 66.5 Å². The summed E-state index contributed by atoms with van der Waals surface area (Å²) in [6, 6.07) is 15.2. The van der Waals surface area contributed by atoms with Crippen LogP contribution in [-0.2, 0) is 19.6 Å². The van der Waals surface area contributed by atoms with E-state index in [1.54, 1.807) is 12.2 Å². The van der Waals surface area contributed by atoms with E-state index in [9.17, 15) is 18.0 Å². The first-order valence-corrected chi connectivity index (χ1v) is 11.9. The van der Waals surface area contributed by atoms with Crippen LogP contribution in [0.3, 0.4) is 0 Å². The van der Waals surface area contributed by atoms with Gasteiger partial charge in [0.2, 0.25) is 15.9 Å². The van der Waals surface area contributed by atoms with Crippen LogP contribution in [0.25, 0.3) is 6.08 Å². The van der Waals surface area contributed by atoms with E-state index in [-0.39, 0.29) is 29.7 Å². The lowest BCUT2D eigenvalue weighted by Gasteiger charge is -2.14. The third kappa shape index (κ3) is 6.34. The molecule has 0 aromatic heterocycles. The predicted octanol–water partition coefficient (Wildman–Crippen LogP) is 3.12. The van der Waals surface area contributed by atoms with Crippen LogP contribution < -0.4 is 10.5 Å². The lowest BCUT2D eigenvalue weighted by Crippen LogP contribution is -2.31. The van der Waals surface area contributed by atoms with Crippen LogP contribution in [0, 0.1) is 0 Å². The largest absolute Gasteiger partial charge is 0.326 e. The number of carbonyl (C=O) groups excluding carboxylic acids is 2. The van der Waals surface area contributed by atoms with Gasteiger partial charge in [-0.05, 0) is 35.9 Å². The maximum absolute atomic E-state index is 12.6. The van der Waals surface area contributed by atoms with Crippen molar-refractivity contribution in [3.8, 4) is 0 Å². The Kier molecular flexibility index (Phi) is 7.39. The second-order valence-corrected chi connectivity index (χ2v) is 9.73. The van der Waals surface area contributed by atoms with Crippen molar-refractivity contribution in [2.45, 2.75) is 11.3 Å². The number of thioether (sulfide) groups is 1. The summed E-state index contributed by atoms with van der Waals surface area (Å²) in [4.78, 5) is 26.6. The third-order valence-corrected chi connectivity index (χ3v) is 6.56. The lowest BCUT2D eigenvalue weighted by molar-refractivity contribution is -0.122. The first kappa shape index (κ1) is 22.9. The number of hydrogen-bond donors (Lipinski definition) is 2. The molecule has 1 aliphatic heterocycles. The number of anilines is 1. The highest BCUT2D eigenvalue weighted by molar-refractivity contribution is 8.26. The van der Waals surface area contributed by atoms with Gasteiger partial charge in [-0.3, -0.25) is 14.5 Å². The maximum Gasteiger partial charge on any atom is 0.266 e. The average Bonchev–Trinajstić information content (AvgIpc) is 3.00. The van der Waals surface area contributed by atoms with Gasteiger partial charge in [0.15, 0.2) is 0 Å². The molecular weight excluding hydrogens is 454 g/mol. The van der Waals surface area contributed by atoms with Crippen LogP contribution >= 0.6 is 24.0 Å². The van der Waals surface area contributed by atoms with Gasteiger partial charge in [-0.2, -0.15) is 0 Å². The summed E-state index contributed by atoms with van der Waals surface area (Å²) in [6.07, 6.45) is 5.43. The quantitative estimate of drug-likeness (QED) is 0.472. The molecule has 0 atom stereocenters. The van der Waals surface area contributed by atoms with Gasteiger partial charge in [0.1, 0.15) is 4.32 Å². The fourth-order valence-electron chi connectivity index (χ4n) is 2.68. The van der Waals surface area contributed by atoms with E-state index in [0.717, 1.165) is 5.56 Å². The highest BCUT2D eigenvalue weighted by Gasteiger charge is 2.31. The molecule has 10 heteroatoms. The van der Waals surface area contributed by atoms with Crippen molar-refractivity contribution < 1.29 is 18.0 Å². The van der Waals surface area contributed by atoms with E-state index in [4.69, 9.17) is 17.4 Å². The molecule has 3 N–H and O–H groups in total. The van der Waals surface area contributed by atoms with E-state index in [2.05, 4.69) is 5.32 Å². The highest BCUT2D eigenvalue weighted by Crippen LogP contribution is 2.31. The zero-order chi connectivity index (χ0) is 22.4. The number of primary sulfonamides is 1. The smallest absolute Gasteiger partial charge is 0.266 e.